The molecular weight excluding hydrogens is 280 g/mol. The summed E-state index contributed by atoms with van der Waals surface area (Å²) in [5, 5.41) is 2.69. The van der Waals surface area contributed by atoms with E-state index < -0.39 is 11.7 Å². The highest BCUT2D eigenvalue weighted by Crippen LogP contribution is 2.26. The van der Waals surface area contributed by atoms with Crippen LogP contribution in [0.5, 0.6) is 0 Å². The maximum Gasteiger partial charge on any atom is 0.407 e. The zero-order valence-corrected chi connectivity index (χ0v) is 14.8. The summed E-state index contributed by atoms with van der Waals surface area (Å²) in [5.41, 5.74) is -0.488. The van der Waals surface area contributed by atoms with Gasteiger partial charge in [0.1, 0.15) is 5.60 Å². The quantitative estimate of drug-likeness (QED) is 0.792. The van der Waals surface area contributed by atoms with Crippen LogP contribution in [0.3, 0.4) is 0 Å². The number of carbonyl (C=O) groups is 2. The third kappa shape index (κ3) is 7.14. The fourth-order valence-electron chi connectivity index (χ4n) is 2.75. The maximum atomic E-state index is 12.2. The van der Waals surface area contributed by atoms with Crippen LogP contribution in [0.1, 0.15) is 66.2 Å². The normalized spacial score (nSPS) is 22.0. The van der Waals surface area contributed by atoms with Gasteiger partial charge in [-0.2, -0.15) is 0 Å². The molecule has 5 nitrogen and oxygen atoms in total. The van der Waals surface area contributed by atoms with Gasteiger partial charge in [0.15, 0.2) is 0 Å². The van der Waals surface area contributed by atoms with Gasteiger partial charge >= 0.3 is 6.09 Å². The van der Waals surface area contributed by atoms with E-state index in [1.54, 1.807) is 0 Å². The Balaban J connectivity index is 2.19. The molecule has 1 aliphatic carbocycles. The molecule has 2 amide bonds. The lowest BCUT2D eigenvalue weighted by molar-refractivity contribution is -0.132. The monoisotopic (exact) mass is 312 g/mol. The summed E-state index contributed by atoms with van der Waals surface area (Å²) in [7, 11) is 1.91. The lowest BCUT2D eigenvalue weighted by Crippen LogP contribution is -2.39. The Hall–Kier alpha value is -1.26. The molecular formula is C17H32N2O3. The minimum absolute atomic E-state index is 0.172. The van der Waals surface area contributed by atoms with Crippen LogP contribution in [0.15, 0.2) is 0 Å². The second-order valence-electron chi connectivity index (χ2n) is 7.45. The Morgan fingerprint density at radius 3 is 2.32 bits per heavy atom. The average molecular weight is 312 g/mol. The highest BCUT2D eigenvalue weighted by atomic mass is 16.6. The molecule has 0 aromatic carbocycles. The van der Waals surface area contributed by atoms with E-state index in [2.05, 4.69) is 12.2 Å². The van der Waals surface area contributed by atoms with Crippen molar-refractivity contribution in [2.45, 2.75) is 77.9 Å². The number of alkyl carbamates (subject to hydrolysis) is 1. The largest absolute Gasteiger partial charge is 0.444 e. The minimum atomic E-state index is -0.488. The number of hydrogen-bond acceptors (Lipinski definition) is 3. The lowest BCUT2D eigenvalue weighted by atomic mass is 9.86. The molecule has 22 heavy (non-hydrogen) atoms. The molecule has 0 unspecified atom stereocenters. The summed E-state index contributed by atoms with van der Waals surface area (Å²) < 4.78 is 5.15. The van der Waals surface area contributed by atoms with E-state index in [0.29, 0.717) is 25.4 Å². The zero-order chi connectivity index (χ0) is 16.8. The van der Waals surface area contributed by atoms with Gasteiger partial charge in [-0.05, 0) is 58.8 Å². The molecule has 1 N–H and O–H groups in total. The Kier molecular flexibility index (Phi) is 7.17. The van der Waals surface area contributed by atoms with Gasteiger partial charge in [0.05, 0.1) is 0 Å². The van der Waals surface area contributed by atoms with Crippen LogP contribution in [-0.4, -0.2) is 42.1 Å². The van der Waals surface area contributed by atoms with Crippen LogP contribution in [0.25, 0.3) is 0 Å². The second-order valence-corrected chi connectivity index (χ2v) is 7.45. The summed E-state index contributed by atoms with van der Waals surface area (Å²) in [5.74, 6) is 0.961. The van der Waals surface area contributed by atoms with Gasteiger partial charge in [0, 0.05) is 26.1 Å². The molecule has 0 spiro atoms. The first-order valence-corrected chi connectivity index (χ1v) is 8.41. The standard InChI is InChI=1S/C17H32N2O3/c1-13-8-10-14(11-9-13)19(5)15(20)7-6-12-18-16(21)22-17(2,3)4/h13-14H,6-12H2,1-5H3,(H,18,21). The number of amides is 2. The number of rotatable bonds is 5. The van der Waals surface area contributed by atoms with Gasteiger partial charge in [-0.3, -0.25) is 4.79 Å². The number of ether oxygens (including phenoxy) is 1. The van der Waals surface area contributed by atoms with Crippen molar-refractivity contribution < 1.29 is 14.3 Å². The van der Waals surface area contributed by atoms with E-state index in [9.17, 15) is 9.59 Å². The van der Waals surface area contributed by atoms with Crippen LogP contribution < -0.4 is 5.32 Å². The molecule has 0 aromatic rings. The van der Waals surface area contributed by atoms with Crippen molar-refractivity contribution in [2.75, 3.05) is 13.6 Å². The van der Waals surface area contributed by atoms with Crippen LogP contribution >= 0.6 is 0 Å². The Morgan fingerprint density at radius 2 is 1.77 bits per heavy atom. The van der Waals surface area contributed by atoms with Gasteiger partial charge in [-0.15, -0.1) is 0 Å². The lowest BCUT2D eigenvalue weighted by Gasteiger charge is -2.33. The Morgan fingerprint density at radius 1 is 1.18 bits per heavy atom. The van der Waals surface area contributed by atoms with Crippen molar-refractivity contribution in [3.05, 3.63) is 0 Å². The van der Waals surface area contributed by atoms with E-state index in [0.717, 1.165) is 18.8 Å². The fraction of sp³-hybridized carbons (Fsp3) is 0.882. The summed E-state index contributed by atoms with van der Waals surface area (Å²) in [4.78, 5) is 25.6. The second kappa shape index (κ2) is 8.39. The molecule has 0 radical (unpaired) electrons. The first kappa shape index (κ1) is 18.8. The minimum Gasteiger partial charge on any atom is -0.444 e. The molecule has 1 rings (SSSR count). The molecule has 128 valence electrons. The first-order valence-electron chi connectivity index (χ1n) is 8.41. The van der Waals surface area contributed by atoms with Crippen LogP contribution in [0, 0.1) is 5.92 Å². The van der Waals surface area contributed by atoms with Crippen molar-refractivity contribution in [1.82, 2.24) is 10.2 Å². The van der Waals surface area contributed by atoms with E-state index in [1.807, 2.05) is 32.7 Å². The van der Waals surface area contributed by atoms with Gasteiger partial charge in [0.2, 0.25) is 5.91 Å². The molecule has 0 heterocycles. The fourth-order valence-corrected chi connectivity index (χ4v) is 2.75. The molecule has 0 bridgehead atoms. The van der Waals surface area contributed by atoms with Crippen molar-refractivity contribution in [2.24, 2.45) is 5.92 Å². The van der Waals surface area contributed by atoms with Gasteiger partial charge in [-0.1, -0.05) is 6.92 Å². The number of hydrogen-bond donors (Lipinski definition) is 1. The topological polar surface area (TPSA) is 58.6 Å². The summed E-state index contributed by atoms with van der Waals surface area (Å²) in [6.45, 7) is 8.23. The zero-order valence-electron chi connectivity index (χ0n) is 14.8. The highest BCUT2D eigenvalue weighted by Gasteiger charge is 2.24. The van der Waals surface area contributed by atoms with Crippen LogP contribution in [-0.2, 0) is 9.53 Å². The van der Waals surface area contributed by atoms with E-state index in [1.165, 1.54) is 12.8 Å². The molecule has 0 aromatic heterocycles. The predicted octanol–water partition coefficient (Wildman–Crippen LogP) is 3.33. The Bertz CT molecular complexity index is 369. The van der Waals surface area contributed by atoms with E-state index in [4.69, 9.17) is 4.74 Å². The molecule has 1 saturated carbocycles. The SMILES string of the molecule is CC1CCC(N(C)C(=O)CCCNC(=O)OC(C)(C)C)CC1. The van der Waals surface area contributed by atoms with Gasteiger partial charge in [-0.25, -0.2) is 4.79 Å². The van der Waals surface area contributed by atoms with Crippen LogP contribution in [0.4, 0.5) is 4.79 Å². The molecule has 0 saturated heterocycles. The molecule has 1 fully saturated rings. The average Bonchev–Trinajstić information content (AvgIpc) is 2.41. The summed E-state index contributed by atoms with van der Waals surface area (Å²) in [6.07, 6.45) is 5.34. The summed E-state index contributed by atoms with van der Waals surface area (Å²) in [6, 6.07) is 0.391. The van der Waals surface area contributed by atoms with Crippen molar-refractivity contribution in [3.8, 4) is 0 Å². The van der Waals surface area contributed by atoms with E-state index >= 15 is 0 Å². The van der Waals surface area contributed by atoms with E-state index in [-0.39, 0.29) is 5.91 Å². The first-order chi connectivity index (χ1) is 10.2. The number of nitrogens with zero attached hydrogens (tertiary/aromatic N) is 1. The maximum absolute atomic E-state index is 12.2. The molecule has 5 heteroatoms. The summed E-state index contributed by atoms with van der Waals surface area (Å²) >= 11 is 0. The molecule has 0 aliphatic heterocycles. The number of carbonyl (C=O) groups excluding carboxylic acids is 2. The highest BCUT2D eigenvalue weighted by molar-refractivity contribution is 5.76. The molecule has 1 aliphatic rings. The smallest absolute Gasteiger partial charge is 0.407 e. The van der Waals surface area contributed by atoms with Gasteiger partial charge < -0.3 is 15.0 Å². The Labute approximate surface area is 134 Å². The van der Waals surface area contributed by atoms with Gasteiger partial charge in [0.25, 0.3) is 0 Å². The van der Waals surface area contributed by atoms with Crippen LogP contribution in [0.2, 0.25) is 0 Å². The van der Waals surface area contributed by atoms with Crippen molar-refractivity contribution >= 4 is 12.0 Å². The van der Waals surface area contributed by atoms with Crippen molar-refractivity contribution in [3.63, 3.8) is 0 Å². The molecule has 0 atom stereocenters. The third-order valence-electron chi connectivity index (χ3n) is 4.16. The predicted molar refractivity (Wildman–Crippen MR) is 87.7 cm³/mol. The number of nitrogens with one attached hydrogen (secondary N) is 1. The van der Waals surface area contributed by atoms with Crippen molar-refractivity contribution in [1.29, 1.82) is 0 Å². The third-order valence-corrected chi connectivity index (χ3v) is 4.16.